The van der Waals surface area contributed by atoms with Gasteiger partial charge < -0.3 is 24.2 Å². The number of hydrogen-bond donors (Lipinski definition) is 2. The van der Waals surface area contributed by atoms with Crippen LogP contribution in [0, 0.1) is 0 Å². The fraction of sp³-hybridized carbons (Fsp3) is 0.726. The van der Waals surface area contributed by atoms with Crippen LogP contribution in [0.3, 0.4) is 0 Å². The highest BCUT2D eigenvalue weighted by atomic mass is 31.2. The second kappa shape index (κ2) is 55.9. The van der Waals surface area contributed by atoms with Gasteiger partial charge in [-0.05, 0) is 89.9 Å². The van der Waals surface area contributed by atoms with E-state index in [9.17, 15) is 28.9 Å². The third-order valence-electron chi connectivity index (χ3n) is 12.3. The van der Waals surface area contributed by atoms with Gasteiger partial charge in [0.1, 0.15) is 12.7 Å². The number of allylic oxidation sites excluding steroid dienone is 14. The Hall–Kier alpha value is -3.34. The predicted molar refractivity (Wildman–Crippen MR) is 307 cm³/mol. The zero-order valence-electron chi connectivity index (χ0n) is 47.0. The molecular formula is C62H107O11P. The molecule has 0 aromatic heterocycles. The number of carbonyl (C=O) groups excluding carboxylic acids is 3. The molecule has 0 fully saturated rings. The van der Waals surface area contributed by atoms with E-state index in [0.29, 0.717) is 19.3 Å². The van der Waals surface area contributed by atoms with Crippen molar-refractivity contribution in [2.24, 2.45) is 0 Å². The van der Waals surface area contributed by atoms with Crippen molar-refractivity contribution in [2.45, 2.75) is 264 Å². The number of unbranched alkanes of at least 4 members (excludes halogenated alkanes) is 23. The smallest absolute Gasteiger partial charge is 0.462 e. The topological polar surface area (TPSA) is 155 Å². The van der Waals surface area contributed by atoms with Crippen LogP contribution in [-0.2, 0) is 42.2 Å². The van der Waals surface area contributed by atoms with E-state index in [-0.39, 0.29) is 25.9 Å². The van der Waals surface area contributed by atoms with Crippen LogP contribution in [0.25, 0.3) is 0 Å². The second-order valence-corrected chi connectivity index (χ2v) is 20.9. The van der Waals surface area contributed by atoms with Gasteiger partial charge in [0.2, 0.25) is 0 Å². The maximum Gasteiger partial charge on any atom is 0.472 e. The molecule has 11 nitrogen and oxygen atoms in total. The zero-order chi connectivity index (χ0) is 54.1. The Morgan fingerprint density at radius 3 is 1.11 bits per heavy atom. The highest BCUT2D eigenvalue weighted by Crippen LogP contribution is 2.43. The van der Waals surface area contributed by atoms with E-state index in [1.54, 1.807) is 0 Å². The standard InChI is InChI=1S/C62H107O11P/c1-4-7-10-13-16-19-22-25-28-29-32-35-38-41-44-47-50-53-62(66)73-59(55-69-60(64)51-48-45-42-39-36-33-30-26-23-20-17-14-11-8-5-2)57-71-74(67,68)70-56-58(54-63)72-61(65)52-49-46-43-40-37-34-31-27-24-21-18-15-12-9-6-3/h8-9,11-12,17-18,20-21,26-27,30-31,36,39,58-59,63H,4-7,10,13-16,19,22-25,28-29,32-35,37-38,40-57H2,1-3H3,(H,67,68)/b11-8-,12-9-,20-17-,21-18-,30-26-,31-27-,39-36-. The van der Waals surface area contributed by atoms with Crippen LogP contribution in [0.1, 0.15) is 252 Å². The first kappa shape index (κ1) is 70.7. The van der Waals surface area contributed by atoms with Gasteiger partial charge in [-0.15, -0.1) is 0 Å². The first-order chi connectivity index (χ1) is 36.2. The molecule has 0 bridgehead atoms. The third kappa shape index (κ3) is 53.5. The van der Waals surface area contributed by atoms with Crippen molar-refractivity contribution >= 4 is 25.7 Å². The number of phosphoric acid groups is 1. The van der Waals surface area contributed by atoms with E-state index in [1.807, 2.05) is 0 Å². The molecule has 0 saturated heterocycles. The van der Waals surface area contributed by atoms with E-state index in [1.165, 1.54) is 83.5 Å². The molecule has 2 N–H and O–H groups in total. The fourth-order valence-corrected chi connectivity index (χ4v) is 8.68. The largest absolute Gasteiger partial charge is 0.472 e. The number of carbonyl (C=O) groups is 3. The van der Waals surface area contributed by atoms with E-state index in [4.69, 9.17) is 23.3 Å². The van der Waals surface area contributed by atoms with Crippen LogP contribution in [0.4, 0.5) is 0 Å². The summed E-state index contributed by atoms with van der Waals surface area (Å²) in [6, 6.07) is 0. The highest BCUT2D eigenvalue weighted by molar-refractivity contribution is 7.47. The summed E-state index contributed by atoms with van der Waals surface area (Å²) in [5.41, 5.74) is 0. The van der Waals surface area contributed by atoms with Crippen molar-refractivity contribution in [3.05, 3.63) is 85.1 Å². The summed E-state index contributed by atoms with van der Waals surface area (Å²) >= 11 is 0. The van der Waals surface area contributed by atoms with E-state index >= 15 is 0 Å². The predicted octanol–water partition coefficient (Wildman–Crippen LogP) is 17.5. The van der Waals surface area contributed by atoms with Crippen LogP contribution in [0.2, 0.25) is 0 Å². The minimum Gasteiger partial charge on any atom is -0.462 e. The molecule has 0 aromatic carbocycles. The molecule has 426 valence electrons. The van der Waals surface area contributed by atoms with Gasteiger partial charge in [-0.1, -0.05) is 228 Å². The van der Waals surface area contributed by atoms with E-state index in [0.717, 1.165) is 109 Å². The molecule has 0 saturated carbocycles. The molecule has 0 aliphatic rings. The average molecular weight is 1060 g/mol. The van der Waals surface area contributed by atoms with Gasteiger partial charge >= 0.3 is 25.7 Å². The maximum atomic E-state index is 12.9. The van der Waals surface area contributed by atoms with Gasteiger partial charge in [-0.25, -0.2) is 4.57 Å². The van der Waals surface area contributed by atoms with Crippen LogP contribution in [0.5, 0.6) is 0 Å². The molecular weight excluding hydrogens is 952 g/mol. The summed E-state index contributed by atoms with van der Waals surface area (Å²) in [5.74, 6) is -1.53. The molecule has 0 aromatic rings. The molecule has 0 aliphatic heterocycles. The summed E-state index contributed by atoms with van der Waals surface area (Å²) in [6.07, 6.45) is 64.0. The summed E-state index contributed by atoms with van der Waals surface area (Å²) < 4.78 is 39.5. The summed E-state index contributed by atoms with van der Waals surface area (Å²) in [5, 5.41) is 9.82. The van der Waals surface area contributed by atoms with E-state index < -0.39 is 57.8 Å². The van der Waals surface area contributed by atoms with Gasteiger partial charge in [0, 0.05) is 19.3 Å². The highest BCUT2D eigenvalue weighted by Gasteiger charge is 2.28. The SMILES string of the molecule is CC/C=C\C/C=C\C/C=C\C/C=C\CCCCC(=O)OCC(COP(=O)(O)OCC(CO)OC(=O)CCCCCCC/C=C\C/C=C\C/C=C\CC)OC(=O)CCCCCCCCCCCCCCCCCCC. The number of hydrogen-bond acceptors (Lipinski definition) is 10. The summed E-state index contributed by atoms with van der Waals surface area (Å²) in [6.45, 7) is 4.37. The molecule has 0 spiro atoms. The lowest BCUT2D eigenvalue weighted by atomic mass is 10.0. The summed E-state index contributed by atoms with van der Waals surface area (Å²) in [4.78, 5) is 48.6. The van der Waals surface area contributed by atoms with Crippen molar-refractivity contribution in [1.82, 2.24) is 0 Å². The molecule has 3 unspecified atom stereocenters. The lowest BCUT2D eigenvalue weighted by molar-refractivity contribution is -0.161. The van der Waals surface area contributed by atoms with Gasteiger partial charge in [-0.3, -0.25) is 23.4 Å². The molecule has 12 heteroatoms. The van der Waals surface area contributed by atoms with Crippen molar-refractivity contribution in [2.75, 3.05) is 26.4 Å². The lowest BCUT2D eigenvalue weighted by Gasteiger charge is -2.21. The fourth-order valence-electron chi connectivity index (χ4n) is 7.89. The minimum atomic E-state index is -4.76. The number of aliphatic hydroxyl groups is 1. The molecule has 0 rings (SSSR count). The second-order valence-electron chi connectivity index (χ2n) is 19.4. The van der Waals surface area contributed by atoms with Gasteiger partial charge in [0.05, 0.1) is 19.8 Å². The zero-order valence-corrected chi connectivity index (χ0v) is 47.9. The summed E-state index contributed by atoms with van der Waals surface area (Å²) in [7, 11) is -4.76. The maximum absolute atomic E-state index is 12.9. The van der Waals surface area contributed by atoms with Crippen molar-refractivity contribution in [1.29, 1.82) is 0 Å². The number of rotatable bonds is 54. The number of aliphatic hydroxyl groups excluding tert-OH is 1. The van der Waals surface area contributed by atoms with Crippen LogP contribution in [0.15, 0.2) is 85.1 Å². The normalized spacial score (nSPS) is 14.0. The van der Waals surface area contributed by atoms with Crippen molar-refractivity contribution in [3.8, 4) is 0 Å². The number of phosphoric ester groups is 1. The molecule has 74 heavy (non-hydrogen) atoms. The molecule has 0 heterocycles. The van der Waals surface area contributed by atoms with E-state index in [2.05, 4.69) is 106 Å². The Morgan fingerprint density at radius 2 is 0.703 bits per heavy atom. The monoisotopic (exact) mass is 1060 g/mol. The molecule has 0 aliphatic carbocycles. The third-order valence-corrected chi connectivity index (χ3v) is 13.3. The van der Waals surface area contributed by atoms with Gasteiger partial charge in [0.15, 0.2) is 6.10 Å². The first-order valence-corrected chi connectivity index (χ1v) is 31.0. The first-order valence-electron chi connectivity index (χ1n) is 29.5. The molecule has 3 atom stereocenters. The van der Waals surface area contributed by atoms with Gasteiger partial charge in [-0.2, -0.15) is 0 Å². The molecule has 0 amide bonds. The number of esters is 3. The van der Waals surface area contributed by atoms with Crippen molar-refractivity contribution < 1.29 is 52.2 Å². The van der Waals surface area contributed by atoms with Crippen LogP contribution >= 0.6 is 7.82 Å². The van der Waals surface area contributed by atoms with Crippen molar-refractivity contribution in [3.63, 3.8) is 0 Å². The Morgan fingerprint density at radius 1 is 0.392 bits per heavy atom. The average Bonchev–Trinajstić information content (AvgIpc) is 3.39. The minimum absolute atomic E-state index is 0.153. The molecule has 0 radical (unpaired) electrons. The van der Waals surface area contributed by atoms with Gasteiger partial charge in [0.25, 0.3) is 0 Å². The Labute approximate surface area is 451 Å². The quantitative estimate of drug-likeness (QED) is 0.0197. The van der Waals surface area contributed by atoms with Crippen LogP contribution < -0.4 is 0 Å². The Bertz CT molecular complexity index is 1560. The Balaban J connectivity index is 4.77. The lowest BCUT2D eigenvalue weighted by Crippen LogP contribution is -2.30. The Kier molecular flexibility index (Phi) is 53.4. The number of ether oxygens (including phenoxy) is 3. The van der Waals surface area contributed by atoms with Crippen LogP contribution in [-0.4, -0.2) is 66.5 Å².